The largest absolute Gasteiger partial charge is 0.508 e. The lowest BCUT2D eigenvalue weighted by Crippen LogP contribution is -2.21. The molecule has 2 aromatic carbocycles. The summed E-state index contributed by atoms with van der Waals surface area (Å²) in [4.78, 5) is 23.5. The van der Waals surface area contributed by atoms with Crippen LogP contribution in [-0.2, 0) is 4.79 Å². The van der Waals surface area contributed by atoms with Gasteiger partial charge in [0, 0.05) is 10.7 Å². The number of thioether (sulfide) groups is 1. The van der Waals surface area contributed by atoms with E-state index in [-0.39, 0.29) is 27.7 Å². The number of hydrogen-bond acceptors (Lipinski definition) is 6. The van der Waals surface area contributed by atoms with Gasteiger partial charge in [0.05, 0.1) is 22.2 Å². The molecule has 152 valence electrons. The topological polar surface area (TPSA) is 135 Å². The van der Waals surface area contributed by atoms with Gasteiger partial charge < -0.3 is 10.8 Å². The van der Waals surface area contributed by atoms with Crippen molar-refractivity contribution in [2.45, 2.75) is 10.9 Å². The fourth-order valence-electron chi connectivity index (χ4n) is 3.20. The van der Waals surface area contributed by atoms with E-state index in [1.165, 1.54) is 12.1 Å². The Morgan fingerprint density at radius 2 is 1.87 bits per heavy atom. The van der Waals surface area contributed by atoms with Gasteiger partial charge in [0.1, 0.15) is 5.75 Å². The summed E-state index contributed by atoms with van der Waals surface area (Å²) in [6.07, 6.45) is 1.65. The Hall–Kier alpha value is -3.48. The molecule has 0 saturated carbocycles. The van der Waals surface area contributed by atoms with E-state index < -0.39 is 16.7 Å². The molecule has 1 unspecified atom stereocenters. The number of halogens is 1. The second-order valence-electron chi connectivity index (χ2n) is 6.20. The van der Waals surface area contributed by atoms with Gasteiger partial charge in [0.25, 0.3) is 0 Å². The van der Waals surface area contributed by atoms with Crippen LogP contribution >= 0.6 is 23.4 Å². The quantitative estimate of drug-likeness (QED) is 0.333. The standard InChI is InChI=1S/C20H15ClN4O4S/c1-30-20-18(25(28)29)16(15(10-22)19(23)27)17(11-2-4-12(21)5-3-11)24(20)13-6-8-14(26)9-7-13/h2-9,15,26H,1H3,(H2,23,27). The van der Waals surface area contributed by atoms with Crippen LogP contribution in [0.5, 0.6) is 5.75 Å². The van der Waals surface area contributed by atoms with Gasteiger partial charge in [-0.3, -0.25) is 19.5 Å². The number of phenolic OH excluding ortho intramolecular Hbond substituents is 1. The number of aromatic hydroxyl groups is 1. The molecule has 0 aliphatic rings. The molecule has 1 amide bonds. The van der Waals surface area contributed by atoms with E-state index in [9.17, 15) is 25.3 Å². The van der Waals surface area contributed by atoms with Crippen molar-refractivity contribution in [2.24, 2.45) is 5.73 Å². The van der Waals surface area contributed by atoms with Crippen LogP contribution in [0.3, 0.4) is 0 Å². The number of primary amides is 1. The summed E-state index contributed by atoms with van der Waals surface area (Å²) in [5, 5.41) is 32.0. The molecule has 1 heterocycles. The minimum Gasteiger partial charge on any atom is -0.508 e. The number of hydrogen-bond donors (Lipinski definition) is 2. The predicted molar refractivity (Wildman–Crippen MR) is 114 cm³/mol. The molecule has 1 aromatic heterocycles. The number of carbonyl (C=O) groups is 1. The highest BCUT2D eigenvalue weighted by Gasteiger charge is 2.38. The third kappa shape index (κ3) is 3.70. The van der Waals surface area contributed by atoms with Crippen LogP contribution in [0.15, 0.2) is 53.6 Å². The number of nitriles is 1. The third-order valence-electron chi connectivity index (χ3n) is 4.44. The van der Waals surface area contributed by atoms with Crippen molar-refractivity contribution >= 4 is 35.0 Å². The van der Waals surface area contributed by atoms with Crippen molar-refractivity contribution < 1.29 is 14.8 Å². The molecular weight excluding hydrogens is 428 g/mol. The van der Waals surface area contributed by atoms with Gasteiger partial charge in [0.2, 0.25) is 5.91 Å². The summed E-state index contributed by atoms with van der Waals surface area (Å²) in [6.45, 7) is 0. The fourth-order valence-corrected chi connectivity index (χ4v) is 4.09. The molecule has 0 fully saturated rings. The van der Waals surface area contributed by atoms with Crippen LogP contribution in [0.25, 0.3) is 16.9 Å². The van der Waals surface area contributed by atoms with Crippen molar-refractivity contribution in [3.63, 3.8) is 0 Å². The average molecular weight is 443 g/mol. The lowest BCUT2D eigenvalue weighted by Gasteiger charge is -2.14. The SMILES string of the molecule is CSc1c([N+](=O)[O-])c(C(C#N)C(N)=O)c(-c2ccc(Cl)cc2)n1-c1ccc(O)cc1. The zero-order valence-corrected chi connectivity index (χ0v) is 17.1. The molecule has 0 aliphatic heterocycles. The molecule has 3 rings (SSSR count). The number of nitro groups is 1. The Labute approximate surface area is 180 Å². The number of aromatic nitrogens is 1. The molecule has 10 heteroatoms. The first-order valence-corrected chi connectivity index (χ1v) is 10.1. The number of benzene rings is 2. The Bertz CT molecular complexity index is 1170. The smallest absolute Gasteiger partial charge is 0.306 e. The van der Waals surface area contributed by atoms with Crippen LogP contribution in [0, 0.1) is 21.4 Å². The van der Waals surface area contributed by atoms with Gasteiger partial charge in [-0.25, -0.2) is 0 Å². The van der Waals surface area contributed by atoms with Crippen LogP contribution in [0.4, 0.5) is 5.69 Å². The van der Waals surface area contributed by atoms with Crippen LogP contribution in [0.1, 0.15) is 11.5 Å². The van der Waals surface area contributed by atoms with Crippen LogP contribution in [-0.4, -0.2) is 26.8 Å². The van der Waals surface area contributed by atoms with E-state index in [1.54, 1.807) is 53.3 Å². The van der Waals surface area contributed by atoms with Crippen molar-refractivity contribution in [1.29, 1.82) is 5.26 Å². The molecule has 3 aromatic rings. The number of rotatable bonds is 6. The molecule has 8 nitrogen and oxygen atoms in total. The highest BCUT2D eigenvalue weighted by atomic mass is 35.5. The average Bonchev–Trinajstić information content (AvgIpc) is 3.04. The molecule has 0 aliphatic carbocycles. The summed E-state index contributed by atoms with van der Waals surface area (Å²) in [5.41, 5.74) is 6.25. The first-order chi connectivity index (χ1) is 14.3. The molecule has 30 heavy (non-hydrogen) atoms. The van der Waals surface area contributed by atoms with E-state index >= 15 is 0 Å². The van der Waals surface area contributed by atoms with Gasteiger partial charge in [-0.2, -0.15) is 5.26 Å². The number of amides is 1. The molecule has 0 radical (unpaired) electrons. The maximum atomic E-state index is 12.0. The molecule has 3 N–H and O–H groups in total. The number of carbonyl (C=O) groups excluding carboxylic acids is 1. The van der Waals surface area contributed by atoms with E-state index in [0.29, 0.717) is 16.3 Å². The van der Waals surface area contributed by atoms with E-state index in [2.05, 4.69) is 0 Å². The van der Waals surface area contributed by atoms with E-state index in [4.69, 9.17) is 17.3 Å². The normalized spacial score (nSPS) is 11.6. The summed E-state index contributed by atoms with van der Waals surface area (Å²) < 4.78 is 1.58. The van der Waals surface area contributed by atoms with Gasteiger partial charge in [-0.1, -0.05) is 23.7 Å². The minimum atomic E-state index is -1.54. The summed E-state index contributed by atoms with van der Waals surface area (Å²) in [6, 6.07) is 14.3. The van der Waals surface area contributed by atoms with Crippen molar-refractivity contribution in [2.75, 3.05) is 6.26 Å². The summed E-state index contributed by atoms with van der Waals surface area (Å²) in [7, 11) is 0. The molecule has 0 spiro atoms. The van der Waals surface area contributed by atoms with E-state index in [1.807, 2.05) is 0 Å². The first-order valence-electron chi connectivity index (χ1n) is 8.51. The summed E-state index contributed by atoms with van der Waals surface area (Å²) >= 11 is 7.09. The van der Waals surface area contributed by atoms with Gasteiger partial charge >= 0.3 is 5.69 Å². The molecule has 1 atom stereocenters. The lowest BCUT2D eigenvalue weighted by molar-refractivity contribution is -0.388. The number of nitrogens with zero attached hydrogens (tertiary/aromatic N) is 3. The molecule has 0 saturated heterocycles. The van der Waals surface area contributed by atoms with Gasteiger partial charge in [-0.15, -0.1) is 11.8 Å². The fraction of sp³-hybridized carbons (Fsp3) is 0.100. The Balaban J connectivity index is 2.53. The first kappa shape index (κ1) is 21.2. The monoisotopic (exact) mass is 442 g/mol. The van der Waals surface area contributed by atoms with E-state index in [0.717, 1.165) is 11.8 Å². The Kier molecular flexibility index (Phi) is 6.01. The maximum absolute atomic E-state index is 12.0. The van der Waals surface area contributed by atoms with Crippen LogP contribution in [0.2, 0.25) is 5.02 Å². The molecule has 0 bridgehead atoms. The minimum absolute atomic E-state index is 0.0198. The lowest BCUT2D eigenvalue weighted by atomic mass is 9.95. The zero-order valence-electron chi connectivity index (χ0n) is 15.6. The Morgan fingerprint density at radius 1 is 1.27 bits per heavy atom. The van der Waals surface area contributed by atoms with Crippen LogP contribution < -0.4 is 5.73 Å². The maximum Gasteiger partial charge on any atom is 0.306 e. The highest BCUT2D eigenvalue weighted by molar-refractivity contribution is 7.98. The number of nitrogens with two attached hydrogens (primary N) is 1. The second kappa shape index (κ2) is 8.49. The summed E-state index contributed by atoms with van der Waals surface area (Å²) in [5.74, 6) is -2.52. The molecular formula is C20H15ClN4O4S. The Morgan fingerprint density at radius 3 is 2.33 bits per heavy atom. The van der Waals surface area contributed by atoms with Crippen molar-refractivity contribution in [1.82, 2.24) is 4.57 Å². The predicted octanol–water partition coefficient (Wildman–Crippen LogP) is 4.23. The van der Waals surface area contributed by atoms with Crippen molar-refractivity contribution in [3.8, 4) is 28.8 Å². The number of phenols is 1. The zero-order chi connectivity index (χ0) is 22.0. The van der Waals surface area contributed by atoms with Gasteiger partial charge in [0.15, 0.2) is 10.9 Å². The highest BCUT2D eigenvalue weighted by Crippen LogP contribution is 2.46. The second-order valence-corrected chi connectivity index (χ2v) is 7.43. The van der Waals surface area contributed by atoms with Gasteiger partial charge in [-0.05, 0) is 48.2 Å². The third-order valence-corrected chi connectivity index (χ3v) is 5.46. The van der Waals surface area contributed by atoms with Crippen molar-refractivity contribution in [3.05, 3.63) is 69.2 Å².